The molecule has 1 amide bonds. The molecule has 6 heteroatoms. The average Bonchev–Trinajstić information content (AvgIpc) is 3.10. The van der Waals surface area contributed by atoms with Gasteiger partial charge in [-0.05, 0) is 55.7 Å². The van der Waals surface area contributed by atoms with Crippen LogP contribution in [0.25, 0.3) is 10.9 Å². The van der Waals surface area contributed by atoms with E-state index >= 15 is 0 Å². The van der Waals surface area contributed by atoms with Crippen molar-refractivity contribution in [3.8, 4) is 11.5 Å². The Morgan fingerprint density at radius 1 is 1.16 bits per heavy atom. The molecule has 1 aliphatic rings. The predicted molar refractivity (Wildman–Crippen MR) is 122 cm³/mol. The molecule has 0 bridgehead atoms. The maximum absolute atomic E-state index is 13.1. The molecule has 2 N–H and O–H groups in total. The Morgan fingerprint density at radius 3 is 2.68 bits per heavy atom. The van der Waals surface area contributed by atoms with Crippen molar-refractivity contribution in [2.24, 2.45) is 0 Å². The number of hydrogen-bond acceptors (Lipinski definition) is 4. The Bertz CT molecular complexity index is 1160. The number of aromatic nitrogens is 1. The van der Waals surface area contributed by atoms with Crippen LogP contribution < -0.4 is 15.6 Å². The fourth-order valence-corrected chi connectivity index (χ4v) is 4.27. The molecule has 3 aromatic rings. The number of ether oxygens (including phenoxy) is 1. The number of aromatic hydroxyl groups is 1. The Morgan fingerprint density at radius 2 is 1.94 bits per heavy atom. The molecule has 6 nitrogen and oxygen atoms in total. The highest BCUT2D eigenvalue weighted by Gasteiger charge is 2.29. The van der Waals surface area contributed by atoms with E-state index in [1.807, 2.05) is 19.1 Å². The normalized spacial score (nSPS) is 14.7. The lowest BCUT2D eigenvalue weighted by molar-refractivity contribution is 0.102. The molecule has 0 radical (unpaired) electrons. The summed E-state index contributed by atoms with van der Waals surface area (Å²) >= 11 is 0. The summed E-state index contributed by atoms with van der Waals surface area (Å²) < 4.78 is 7.35. The molecule has 0 aliphatic carbocycles. The van der Waals surface area contributed by atoms with E-state index in [0.717, 1.165) is 29.7 Å². The zero-order valence-corrected chi connectivity index (χ0v) is 18.0. The van der Waals surface area contributed by atoms with E-state index in [-0.39, 0.29) is 17.4 Å². The van der Waals surface area contributed by atoms with Crippen molar-refractivity contribution in [2.45, 2.75) is 52.0 Å². The third-order valence-electron chi connectivity index (χ3n) is 5.85. The molecule has 1 aromatic heterocycles. The smallest absolute Gasteiger partial charge is 0.268 e. The number of benzene rings is 2. The quantitative estimate of drug-likeness (QED) is 0.501. The van der Waals surface area contributed by atoms with Crippen molar-refractivity contribution in [1.29, 1.82) is 0 Å². The second kappa shape index (κ2) is 8.84. The van der Waals surface area contributed by atoms with Crippen LogP contribution in [0.5, 0.6) is 11.5 Å². The lowest BCUT2D eigenvalue weighted by atomic mass is 10.1. The Labute approximate surface area is 181 Å². The topological polar surface area (TPSA) is 80.6 Å². The van der Waals surface area contributed by atoms with Gasteiger partial charge in [-0.25, -0.2) is 0 Å². The number of unbranched alkanes of at least 4 members (excludes halogenated alkanes) is 3. The van der Waals surface area contributed by atoms with Crippen LogP contribution in [-0.4, -0.2) is 22.2 Å². The largest absolute Gasteiger partial charge is 0.506 e. The first-order chi connectivity index (χ1) is 15.0. The first-order valence-corrected chi connectivity index (χ1v) is 10.9. The number of anilines is 1. The summed E-state index contributed by atoms with van der Waals surface area (Å²) in [6.45, 7) is 4.78. The van der Waals surface area contributed by atoms with Crippen molar-refractivity contribution >= 4 is 22.5 Å². The highest BCUT2D eigenvalue weighted by molar-refractivity contribution is 6.09. The standard InChI is InChI=1S/C25H28N2O4/c1-3-4-5-6-14-31-19-12-10-18(11-13-19)26-24(29)21-23(28)20-9-7-8-17-15-16(2)27(22(17)20)25(21)30/h7-13,16,28H,3-6,14-15H2,1-2H3,(H,26,29). The van der Waals surface area contributed by atoms with Crippen LogP contribution in [-0.2, 0) is 6.42 Å². The van der Waals surface area contributed by atoms with Gasteiger partial charge in [0.05, 0.1) is 12.1 Å². The van der Waals surface area contributed by atoms with Gasteiger partial charge in [0.15, 0.2) is 0 Å². The summed E-state index contributed by atoms with van der Waals surface area (Å²) in [5.74, 6) is -0.153. The number of nitrogens with one attached hydrogen (secondary N) is 1. The van der Waals surface area contributed by atoms with Gasteiger partial charge in [-0.3, -0.25) is 9.59 Å². The zero-order chi connectivity index (χ0) is 22.0. The molecule has 2 heterocycles. The highest BCUT2D eigenvalue weighted by Crippen LogP contribution is 2.36. The first-order valence-electron chi connectivity index (χ1n) is 10.9. The van der Waals surface area contributed by atoms with Crippen LogP contribution in [0, 0.1) is 0 Å². The fraction of sp³-hybridized carbons (Fsp3) is 0.360. The van der Waals surface area contributed by atoms with Gasteiger partial charge in [-0.1, -0.05) is 38.3 Å². The van der Waals surface area contributed by atoms with Crippen LogP contribution >= 0.6 is 0 Å². The monoisotopic (exact) mass is 420 g/mol. The van der Waals surface area contributed by atoms with E-state index in [0.29, 0.717) is 24.1 Å². The molecule has 1 atom stereocenters. The third kappa shape index (κ3) is 4.02. The molecule has 0 spiro atoms. The van der Waals surface area contributed by atoms with Gasteiger partial charge in [0.1, 0.15) is 17.1 Å². The molecular formula is C25H28N2O4. The van der Waals surface area contributed by atoms with Crippen LogP contribution in [0.4, 0.5) is 5.69 Å². The van der Waals surface area contributed by atoms with Gasteiger partial charge < -0.3 is 19.7 Å². The lowest BCUT2D eigenvalue weighted by Crippen LogP contribution is -2.30. The van der Waals surface area contributed by atoms with Crippen molar-refractivity contribution < 1.29 is 14.6 Å². The van der Waals surface area contributed by atoms with Gasteiger partial charge in [0.25, 0.3) is 11.5 Å². The summed E-state index contributed by atoms with van der Waals surface area (Å²) in [4.78, 5) is 26.0. The maximum Gasteiger partial charge on any atom is 0.268 e. The number of hydrogen-bond donors (Lipinski definition) is 2. The van der Waals surface area contributed by atoms with Gasteiger partial charge in [-0.2, -0.15) is 0 Å². The van der Waals surface area contributed by atoms with Crippen molar-refractivity contribution in [3.63, 3.8) is 0 Å². The highest BCUT2D eigenvalue weighted by atomic mass is 16.5. The molecule has 4 rings (SSSR count). The number of para-hydroxylation sites is 1. The predicted octanol–water partition coefficient (Wildman–Crippen LogP) is 5.04. The molecule has 1 unspecified atom stereocenters. The zero-order valence-electron chi connectivity index (χ0n) is 18.0. The summed E-state index contributed by atoms with van der Waals surface area (Å²) in [6.07, 6.45) is 5.26. The van der Waals surface area contributed by atoms with Gasteiger partial charge in [0, 0.05) is 17.1 Å². The summed E-state index contributed by atoms with van der Waals surface area (Å²) in [5, 5.41) is 14.0. The fourth-order valence-electron chi connectivity index (χ4n) is 4.27. The summed E-state index contributed by atoms with van der Waals surface area (Å²) in [5.41, 5.74) is 1.57. The Hall–Kier alpha value is -3.28. The first kappa shape index (κ1) is 21.0. The molecule has 0 saturated carbocycles. The minimum Gasteiger partial charge on any atom is -0.506 e. The van der Waals surface area contributed by atoms with Crippen LogP contribution in [0.2, 0.25) is 0 Å². The molecule has 31 heavy (non-hydrogen) atoms. The van der Waals surface area contributed by atoms with E-state index in [9.17, 15) is 14.7 Å². The minimum atomic E-state index is -0.620. The number of amides is 1. The van der Waals surface area contributed by atoms with E-state index in [1.165, 1.54) is 12.8 Å². The number of carbonyl (C=O) groups excluding carboxylic acids is 1. The summed E-state index contributed by atoms with van der Waals surface area (Å²) in [6, 6.07) is 12.5. The number of rotatable bonds is 8. The van der Waals surface area contributed by atoms with Gasteiger partial charge in [0.2, 0.25) is 0 Å². The molecule has 0 saturated heterocycles. The molecule has 162 valence electrons. The molecule has 1 aliphatic heterocycles. The van der Waals surface area contributed by atoms with E-state index in [2.05, 4.69) is 12.2 Å². The van der Waals surface area contributed by atoms with E-state index in [4.69, 9.17) is 4.74 Å². The lowest BCUT2D eigenvalue weighted by Gasteiger charge is -2.14. The minimum absolute atomic E-state index is 0.0618. The van der Waals surface area contributed by atoms with Crippen molar-refractivity contribution in [1.82, 2.24) is 4.57 Å². The Balaban J connectivity index is 1.53. The number of nitrogens with zero attached hydrogens (tertiary/aromatic N) is 1. The van der Waals surface area contributed by atoms with Crippen LogP contribution in [0.1, 0.15) is 61.5 Å². The van der Waals surface area contributed by atoms with Gasteiger partial charge >= 0.3 is 0 Å². The number of carbonyl (C=O) groups is 1. The van der Waals surface area contributed by atoms with E-state index in [1.54, 1.807) is 34.9 Å². The van der Waals surface area contributed by atoms with Crippen LogP contribution in [0.15, 0.2) is 47.3 Å². The number of pyridine rings is 1. The van der Waals surface area contributed by atoms with Gasteiger partial charge in [-0.15, -0.1) is 0 Å². The maximum atomic E-state index is 13.1. The van der Waals surface area contributed by atoms with Crippen molar-refractivity contribution in [2.75, 3.05) is 11.9 Å². The SMILES string of the molecule is CCCCCCOc1ccc(NC(=O)c2c(O)c3cccc4c3n(c2=O)C(C)C4)cc1. The Kier molecular flexibility index (Phi) is 5.98. The molecule has 0 fully saturated rings. The second-order valence-electron chi connectivity index (χ2n) is 8.15. The molecule has 2 aromatic carbocycles. The average molecular weight is 421 g/mol. The second-order valence-corrected chi connectivity index (χ2v) is 8.15. The third-order valence-corrected chi connectivity index (χ3v) is 5.85. The van der Waals surface area contributed by atoms with Crippen molar-refractivity contribution in [3.05, 3.63) is 63.9 Å². The van der Waals surface area contributed by atoms with Crippen LogP contribution in [0.3, 0.4) is 0 Å². The molecular weight excluding hydrogens is 392 g/mol. The van der Waals surface area contributed by atoms with E-state index < -0.39 is 11.5 Å². The summed E-state index contributed by atoms with van der Waals surface area (Å²) in [7, 11) is 0.